The van der Waals surface area contributed by atoms with Gasteiger partial charge in [0.15, 0.2) is 12.4 Å². The van der Waals surface area contributed by atoms with Gasteiger partial charge in [-0.25, -0.2) is 0 Å². The number of pyridine rings is 1. The summed E-state index contributed by atoms with van der Waals surface area (Å²) in [5.41, 5.74) is 2.42. The Bertz CT molecular complexity index is 818. The molecule has 2 aromatic carbocycles. The van der Waals surface area contributed by atoms with Gasteiger partial charge in [-0.15, -0.1) is 0 Å². The maximum absolute atomic E-state index is 9.14. The molecule has 0 atom stereocenters. The van der Waals surface area contributed by atoms with Crippen molar-refractivity contribution < 1.29 is 14.5 Å². The highest BCUT2D eigenvalue weighted by molar-refractivity contribution is 5.76. The molecule has 0 radical (unpaired) electrons. The van der Waals surface area contributed by atoms with Crippen molar-refractivity contribution in [3.63, 3.8) is 0 Å². The second-order valence-electron chi connectivity index (χ2n) is 4.72. The molecule has 0 amide bonds. The van der Waals surface area contributed by atoms with E-state index >= 15 is 0 Å². The Labute approximate surface area is 135 Å². The fraction of sp³-hybridized carbons (Fsp3) is 0. The average Bonchev–Trinajstić information content (AvgIpc) is 2.61. The summed E-state index contributed by atoms with van der Waals surface area (Å²) in [6.45, 7) is 2.90. The molecule has 0 unspecified atom stereocenters. The molecule has 0 N–H and O–H groups in total. The van der Waals surface area contributed by atoms with Gasteiger partial charge < -0.3 is 9.90 Å². The van der Waals surface area contributed by atoms with E-state index in [4.69, 9.17) is 9.90 Å². The van der Waals surface area contributed by atoms with Gasteiger partial charge in [0.25, 0.3) is 0 Å². The Hall–Kier alpha value is -3.20. The molecule has 23 heavy (non-hydrogen) atoms. The molecule has 0 aliphatic carbocycles. The van der Waals surface area contributed by atoms with Gasteiger partial charge in [-0.05, 0) is 23.8 Å². The smallest absolute Gasteiger partial charge is 0.217 e. The number of aliphatic carboxylic acids is 1. The van der Waals surface area contributed by atoms with E-state index in [-0.39, 0.29) is 0 Å². The van der Waals surface area contributed by atoms with Gasteiger partial charge in [0.1, 0.15) is 0 Å². The van der Waals surface area contributed by atoms with Gasteiger partial charge in [0, 0.05) is 23.6 Å². The molecule has 3 rings (SSSR count). The predicted molar refractivity (Wildman–Crippen MR) is 91.0 cm³/mol. The van der Waals surface area contributed by atoms with E-state index in [1.807, 2.05) is 18.2 Å². The summed E-state index contributed by atoms with van der Waals surface area (Å²) in [5.74, 6) is -1.23. The van der Waals surface area contributed by atoms with Crippen molar-refractivity contribution in [3.8, 4) is 0 Å². The number of hydrogen-bond acceptors (Lipinski definition) is 2. The topological polar surface area (TPSA) is 44.0 Å². The zero-order valence-electron chi connectivity index (χ0n) is 12.6. The number of carbonyl (C=O) groups is 1. The van der Waals surface area contributed by atoms with Gasteiger partial charge >= 0.3 is 0 Å². The lowest BCUT2D eigenvalue weighted by Gasteiger charge is -1.95. The normalized spacial score (nSPS) is 10.1. The maximum Gasteiger partial charge on any atom is 0.217 e. The fourth-order valence-electron chi connectivity index (χ4n) is 2.04. The molecule has 0 fully saturated rings. The lowest BCUT2D eigenvalue weighted by Crippen LogP contribution is -2.25. The first-order chi connectivity index (χ1) is 11.2. The van der Waals surface area contributed by atoms with Gasteiger partial charge in [-0.3, -0.25) is 0 Å². The Morgan fingerprint density at radius 2 is 1.57 bits per heavy atom. The minimum absolute atomic E-state index is 0.722. The van der Waals surface area contributed by atoms with Crippen LogP contribution in [0.1, 0.15) is 5.56 Å². The molecule has 0 saturated heterocycles. The molecule has 0 aliphatic heterocycles. The molecule has 0 spiro atoms. The SMILES string of the molecule is C(=C[n+]1cccc2ccccc21)c1ccccc1.C=CC(=O)[O-]. The number of rotatable bonds is 3. The minimum atomic E-state index is -1.23. The molecular weight excluding hydrogens is 286 g/mol. The number of aromatic nitrogens is 1. The Balaban J connectivity index is 0.000000338. The first-order valence-electron chi connectivity index (χ1n) is 7.16. The van der Waals surface area contributed by atoms with E-state index in [0.29, 0.717) is 0 Å². The first-order valence-corrected chi connectivity index (χ1v) is 7.16. The Morgan fingerprint density at radius 3 is 2.26 bits per heavy atom. The zero-order valence-corrected chi connectivity index (χ0v) is 12.6. The van der Waals surface area contributed by atoms with E-state index in [1.165, 1.54) is 16.5 Å². The van der Waals surface area contributed by atoms with Crippen LogP contribution in [-0.4, -0.2) is 5.97 Å². The van der Waals surface area contributed by atoms with Crippen molar-refractivity contribution >= 4 is 29.1 Å². The number of carboxylic acid groups (broad SMARTS) is 1. The zero-order chi connectivity index (χ0) is 16.5. The van der Waals surface area contributed by atoms with Crippen LogP contribution in [0.2, 0.25) is 0 Å². The van der Waals surface area contributed by atoms with Crippen LogP contribution in [0.3, 0.4) is 0 Å². The summed E-state index contributed by atoms with van der Waals surface area (Å²) >= 11 is 0. The lowest BCUT2D eigenvalue weighted by molar-refractivity contribution is -0.538. The molecule has 3 nitrogen and oxygen atoms in total. The van der Waals surface area contributed by atoms with Crippen molar-refractivity contribution in [2.45, 2.75) is 0 Å². The van der Waals surface area contributed by atoms with E-state index in [9.17, 15) is 0 Å². The van der Waals surface area contributed by atoms with Gasteiger partial charge in [0.05, 0.1) is 5.97 Å². The molecular formula is C20H17NO2. The quantitative estimate of drug-likeness (QED) is 0.551. The van der Waals surface area contributed by atoms with Crippen molar-refractivity contribution in [3.05, 3.63) is 91.1 Å². The molecule has 114 valence electrons. The van der Waals surface area contributed by atoms with Crippen LogP contribution in [0.15, 0.2) is 85.6 Å². The molecule has 0 bridgehead atoms. The van der Waals surface area contributed by atoms with Gasteiger partial charge in [0.2, 0.25) is 5.52 Å². The van der Waals surface area contributed by atoms with Gasteiger partial charge in [-0.2, -0.15) is 4.57 Å². The summed E-state index contributed by atoms with van der Waals surface area (Å²) in [6.07, 6.45) is 7.01. The number of para-hydroxylation sites is 1. The third-order valence-electron chi connectivity index (χ3n) is 3.13. The second-order valence-corrected chi connectivity index (χ2v) is 4.72. The Kier molecular flexibility index (Phi) is 5.83. The van der Waals surface area contributed by atoms with Gasteiger partial charge in [-0.1, -0.05) is 49.0 Å². The number of hydrogen-bond donors (Lipinski definition) is 0. The number of fused-ring (bicyclic) bond motifs is 1. The lowest BCUT2D eigenvalue weighted by atomic mass is 10.2. The monoisotopic (exact) mass is 303 g/mol. The average molecular weight is 303 g/mol. The number of carboxylic acids is 1. The van der Waals surface area contributed by atoms with E-state index < -0.39 is 5.97 Å². The van der Waals surface area contributed by atoms with Crippen molar-refractivity contribution in [1.29, 1.82) is 0 Å². The number of benzene rings is 2. The van der Waals surface area contributed by atoms with E-state index in [2.05, 4.69) is 78.1 Å². The highest BCUT2D eigenvalue weighted by Crippen LogP contribution is 2.08. The molecule has 3 aromatic rings. The number of carbonyl (C=O) groups excluding carboxylic acids is 1. The first kappa shape index (κ1) is 16.2. The third kappa shape index (κ3) is 4.93. The van der Waals surface area contributed by atoms with Crippen LogP contribution in [-0.2, 0) is 4.79 Å². The largest absolute Gasteiger partial charge is 0.545 e. The van der Waals surface area contributed by atoms with Crippen LogP contribution in [0.25, 0.3) is 23.2 Å². The fourth-order valence-corrected chi connectivity index (χ4v) is 2.04. The van der Waals surface area contributed by atoms with Crippen LogP contribution >= 0.6 is 0 Å². The highest BCUT2D eigenvalue weighted by atomic mass is 16.4. The summed E-state index contributed by atoms with van der Waals surface area (Å²) in [6, 6.07) is 22.9. The van der Waals surface area contributed by atoms with Crippen molar-refractivity contribution in [2.75, 3.05) is 0 Å². The minimum Gasteiger partial charge on any atom is -0.545 e. The van der Waals surface area contributed by atoms with Crippen LogP contribution in [0.4, 0.5) is 0 Å². The van der Waals surface area contributed by atoms with Crippen LogP contribution in [0, 0.1) is 0 Å². The van der Waals surface area contributed by atoms with E-state index in [1.54, 1.807) is 0 Å². The highest BCUT2D eigenvalue weighted by Gasteiger charge is 2.03. The summed E-state index contributed by atoms with van der Waals surface area (Å²) in [7, 11) is 0. The molecule has 3 heteroatoms. The summed E-state index contributed by atoms with van der Waals surface area (Å²) < 4.78 is 2.14. The van der Waals surface area contributed by atoms with Crippen LogP contribution < -0.4 is 9.67 Å². The summed E-state index contributed by atoms with van der Waals surface area (Å²) in [4.78, 5) is 9.14. The van der Waals surface area contributed by atoms with Crippen molar-refractivity contribution in [1.82, 2.24) is 0 Å². The van der Waals surface area contributed by atoms with E-state index in [0.717, 1.165) is 6.08 Å². The Morgan fingerprint density at radius 1 is 0.957 bits per heavy atom. The standard InChI is InChI=1S/C17H14N.C3H4O2/c1-2-7-15(8-3-1)12-14-18-13-6-10-16-9-4-5-11-17(16)18;1-2-3(4)5/h1-14H;2H,1H2,(H,4,5)/q+1;/p-1. The van der Waals surface area contributed by atoms with Crippen LogP contribution in [0.5, 0.6) is 0 Å². The predicted octanol–water partition coefficient (Wildman–Crippen LogP) is 2.68. The molecule has 0 saturated carbocycles. The third-order valence-corrected chi connectivity index (χ3v) is 3.13. The maximum atomic E-state index is 9.14. The number of nitrogens with zero attached hydrogens (tertiary/aromatic N) is 1. The molecule has 0 aliphatic rings. The second kappa shape index (κ2) is 8.29. The molecule has 1 aromatic heterocycles. The van der Waals surface area contributed by atoms with Crippen molar-refractivity contribution in [2.24, 2.45) is 0 Å². The summed E-state index contributed by atoms with van der Waals surface area (Å²) in [5, 5.41) is 10.4. The molecule has 1 heterocycles.